The number of carbonyl (C=O) groups is 1. The van der Waals surface area contributed by atoms with Crippen LogP contribution in [0.15, 0.2) is 29.8 Å². The molecule has 0 aliphatic carbocycles. The highest BCUT2D eigenvalue weighted by Crippen LogP contribution is 2.30. The molecule has 0 atom stereocenters. The molecule has 0 unspecified atom stereocenters. The maximum absolute atomic E-state index is 12.9. The molecule has 2 aromatic heterocycles. The first-order chi connectivity index (χ1) is 11.7. The van der Waals surface area contributed by atoms with Crippen LogP contribution < -0.4 is 4.90 Å². The first-order valence-corrected chi connectivity index (χ1v) is 9.67. The van der Waals surface area contributed by atoms with Gasteiger partial charge in [-0.2, -0.15) is 0 Å². The number of hydrogen-bond acceptors (Lipinski definition) is 4. The Balaban J connectivity index is 1.38. The van der Waals surface area contributed by atoms with Crippen LogP contribution in [0.3, 0.4) is 0 Å². The third kappa shape index (κ3) is 3.03. The Hall–Kier alpha value is -1.59. The lowest BCUT2D eigenvalue weighted by Gasteiger charge is -2.36. The first-order valence-electron chi connectivity index (χ1n) is 8.42. The van der Waals surface area contributed by atoms with E-state index in [1.807, 2.05) is 28.4 Å². The smallest absolute Gasteiger partial charge is 0.226 e. The molecular formula is C18H20ClN3OS. The number of aromatic nitrogens is 1. The molecule has 24 heavy (non-hydrogen) atoms. The number of amides is 1. The number of thiophene rings is 1. The van der Waals surface area contributed by atoms with E-state index < -0.39 is 0 Å². The van der Waals surface area contributed by atoms with Crippen LogP contribution in [0, 0.1) is 5.92 Å². The highest BCUT2D eigenvalue weighted by molar-refractivity contribution is 7.10. The Morgan fingerprint density at radius 2 is 2.08 bits per heavy atom. The number of anilines is 1. The Kier molecular flexibility index (Phi) is 4.46. The van der Waals surface area contributed by atoms with Gasteiger partial charge in [-0.05, 0) is 48.4 Å². The second-order valence-electron chi connectivity index (χ2n) is 6.45. The van der Waals surface area contributed by atoms with Gasteiger partial charge in [0.15, 0.2) is 0 Å². The fourth-order valence-electron chi connectivity index (χ4n) is 3.64. The molecule has 0 aromatic carbocycles. The molecule has 0 N–H and O–H groups in total. The minimum absolute atomic E-state index is 0.129. The summed E-state index contributed by atoms with van der Waals surface area (Å²) >= 11 is 8.05. The monoisotopic (exact) mass is 361 g/mol. The van der Waals surface area contributed by atoms with Crippen LogP contribution in [0.1, 0.15) is 23.3 Å². The molecule has 4 nitrogen and oxygen atoms in total. The number of hydrogen-bond donors (Lipinski definition) is 0. The average Bonchev–Trinajstić information content (AvgIpc) is 3.09. The highest BCUT2D eigenvalue weighted by atomic mass is 35.5. The van der Waals surface area contributed by atoms with Crippen molar-refractivity contribution in [1.82, 2.24) is 9.88 Å². The molecule has 2 aliphatic rings. The summed E-state index contributed by atoms with van der Waals surface area (Å²) in [5, 5.41) is 2.82. The molecule has 4 heterocycles. The van der Waals surface area contributed by atoms with Gasteiger partial charge in [0.25, 0.3) is 0 Å². The van der Waals surface area contributed by atoms with E-state index >= 15 is 0 Å². The lowest BCUT2D eigenvalue weighted by atomic mass is 9.94. The zero-order valence-electron chi connectivity index (χ0n) is 13.4. The molecular weight excluding hydrogens is 342 g/mol. The summed E-state index contributed by atoms with van der Waals surface area (Å²) in [4.78, 5) is 22.9. The van der Waals surface area contributed by atoms with Gasteiger partial charge in [0.2, 0.25) is 5.91 Å². The fourth-order valence-corrected chi connectivity index (χ4v) is 4.77. The van der Waals surface area contributed by atoms with E-state index in [1.165, 1.54) is 10.4 Å². The van der Waals surface area contributed by atoms with Gasteiger partial charge in [-0.25, -0.2) is 4.98 Å². The molecule has 1 saturated heterocycles. The number of rotatable bonds is 2. The van der Waals surface area contributed by atoms with Gasteiger partial charge in [-0.1, -0.05) is 11.6 Å². The highest BCUT2D eigenvalue weighted by Gasteiger charge is 2.31. The van der Waals surface area contributed by atoms with Crippen LogP contribution >= 0.6 is 22.9 Å². The van der Waals surface area contributed by atoms with Crippen LogP contribution in [-0.4, -0.2) is 35.4 Å². The summed E-state index contributed by atoms with van der Waals surface area (Å²) in [6.07, 6.45) is 4.52. The zero-order chi connectivity index (χ0) is 16.5. The van der Waals surface area contributed by atoms with E-state index in [1.54, 1.807) is 6.20 Å². The average molecular weight is 362 g/mol. The Bertz CT molecular complexity index is 739. The molecule has 1 fully saturated rings. The molecule has 2 aliphatic heterocycles. The summed E-state index contributed by atoms with van der Waals surface area (Å²) in [6.45, 7) is 3.32. The van der Waals surface area contributed by atoms with Crippen molar-refractivity contribution in [2.45, 2.75) is 25.8 Å². The summed E-state index contributed by atoms with van der Waals surface area (Å²) in [7, 11) is 0. The minimum atomic E-state index is 0.129. The quantitative estimate of drug-likeness (QED) is 0.820. The molecule has 2 aromatic rings. The van der Waals surface area contributed by atoms with Crippen LogP contribution in [0.25, 0.3) is 0 Å². The molecule has 4 rings (SSSR count). The number of fused-ring (bicyclic) bond motifs is 1. The van der Waals surface area contributed by atoms with Gasteiger partial charge in [-0.3, -0.25) is 4.79 Å². The van der Waals surface area contributed by atoms with Gasteiger partial charge in [0.05, 0.1) is 5.02 Å². The van der Waals surface area contributed by atoms with Crippen molar-refractivity contribution in [2.75, 3.05) is 24.5 Å². The summed E-state index contributed by atoms with van der Waals surface area (Å²) in [5.74, 6) is 1.29. The number of carbonyl (C=O) groups excluding carboxylic acids is 1. The van der Waals surface area contributed by atoms with Crippen molar-refractivity contribution in [3.05, 3.63) is 45.2 Å². The van der Waals surface area contributed by atoms with Crippen LogP contribution in [0.5, 0.6) is 0 Å². The van der Waals surface area contributed by atoms with E-state index in [-0.39, 0.29) is 5.92 Å². The van der Waals surface area contributed by atoms with Crippen molar-refractivity contribution in [1.29, 1.82) is 0 Å². The van der Waals surface area contributed by atoms with Gasteiger partial charge in [0, 0.05) is 43.2 Å². The van der Waals surface area contributed by atoms with Crippen molar-refractivity contribution in [3.8, 4) is 0 Å². The zero-order valence-corrected chi connectivity index (χ0v) is 15.0. The molecule has 6 heteroatoms. The largest absolute Gasteiger partial charge is 0.355 e. The minimum Gasteiger partial charge on any atom is -0.355 e. The predicted molar refractivity (Wildman–Crippen MR) is 97.6 cm³/mol. The molecule has 0 radical (unpaired) electrons. The normalized spacial score (nSPS) is 18.5. The Labute approximate surface area is 151 Å². The lowest BCUT2D eigenvalue weighted by molar-refractivity contribution is -0.137. The number of halogens is 1. The topological polar surface area (TPSA) is 36.4 Å². The summed E-state index contributed by atoms with van der Waals surface area (Å²) < 4.78 is 0. The van der Waals surface area contributed by atoms with Crippen molar-refractivity contribution >= 4 is 34.7 Å². The first kappa shape index (κ1) is 15.9. The molecule has 0 saturated carbocycles. The SMILES string of the molecule is O=C(C1CCN(c2ncccc2Cl)CC1)N1CCc2sccc2C1. The third-order valence-electron chi connectivity index (χ3n) is 5.00. The van der Waals surface area contributed by atoms with Crippen LogP contribution in [0.4, 0.5) is 5.82 Å². The maximum Gasteiger partial charge on any atom is 0.226 e. The fraction of sp³-hybridized carbons (Fsp3) is 0.444. The second-order valence-corrected chi connectivity index (χ2v) is 7.86. The van der Waals surface area contributed by atoms with Crippen LogP contribution in [0.2, 0.25) is 5.02 Å². The van der Waals surface area contributed by atoms with E-state index in [4.69, 9.17) is 11.6 Å². The van der Waals surface area contributed by atoms with Gasteiger partial charge >= 0.3 is 0 Å². The molecule has 0 bridgehead atoms. The van der Waals surface area contributed by atoms with Gasteiger partial charge < -0.3 is 9.80 Å². The van der Waals surface area contributed by atoms with Gasteiger partial charge in [-0.15, -0.1) is 11.3 Å². The predicted octanol–water partition coefficient (Wildman–Crippen LogP) is 3.60. The van der Waals surface area contributed by atoms with E-state index in [9.17, 15) is 4.79 Å². The number of pyridine rings is 1. The standard InChI is InChI=1S/C18H20ClN3OS/c19-15-2-1-7-20-17(15)21-8-3-13(4-9-21)18(23)22-10-5-16-14(12-22)6-11-24-16/h1-2,6-7,11,13H,3-5,8-10,12H2. The van der Waals surface area contributed by atoms with Crippen LogP contribution in [-0.2, 0) is 17.8 Å². The van der Waals surface area contributed by atoms with E-state index in [0.717, 1.165) is 51.3 Å². The lowest BCUT2D eigenvalue weighted by Crippen LogP contribution is -2.44. The second kappa shape index (κ2) is 6.73. The third-order valence-corrected chi connectivity index (χ3v) is 6.32. The van der Waals surface area contributed by atoms with Gasteiger partial charge in [0.1, 0.15) is 5.82 Å². The molecule has 0 spiro atoms. The maximum atomic E-state index is 12.9. The van der Waals surface area contributed by atoms with E-state index in [0.29, 0.717) is 10.9 Å². The number of nitrogens with zero attached hydrogens (tertiary/aromatic N) is 3. The molecule has 126 valence electrons. The van der Waals surface area contributed by atoms with Crippen molar-refractivity contribution in [2.24, 2.45) is 5.92 Å². The molecule has 1 amide bonds. The summed E-state index contributed by atoms with van der Waals surface area (Å²) in [6, 6.07) is 5.87. The van der Waals surface area contributed by atoms with E-state index in [2.05, 4.69) is 21.3 Å². The number of piperidine rings is 1. The Morgan fingerprint density at radius 3 is 2.88 bits per heavy atom. The van der Waals surface area contributed by atoms with Crippen molar-refractivity contribution < 1.29 is 4.79 Å². The van der Waals surface area contributed by atoms with Crippen molar-refractivity contribution in [3.63, 3.8) is 0 Å². The Morgan fingerprint density at radius 1 is 1.25 bits per heavy atom. The summed E-state index contributed by atoms with van der Waals surface area (Å²) in [5.41, 5.74) is 1.33.